The molecule has 2 heterocycles. The molecular weight excluding hydrogens is 461 g/mol. The smallest absolute Gasteiger partial charge is 0.325 e. The Morgan fingerprint density at radius 3 is 2.61 bits per heavy atom. The van der Waals surface area contributed by atoms with Gasteiger partial charge in [-0.05, 0) is 55.2 Å². The van der Waals surface area contributed by atoms with Crippen LogP contribution in [0.4, 0.5) is 9.18 Å². The van der Waals surface area contributed by atoms with Crippen LogP contribution in [0.1, 0.15) is 38.2 Å². The van der Waals surface area contributed by atoms with Gasteiger partial charge in [0.05, 0.1) is 11.4 Å². The van der Waals surface area contributed by atoms with E-state index in [0.717, 1.165) is 29.8 Å². The van der Waals surface area contributed by atoms with E-state index in [1.165, 1.54) is 12.1 Å². The second-order valence-corrected chi connectivity index (χ2v) is 9.51. The highest BCUT2D eigenvalue weighted by molar-refractivity contribution is 6.09. The van der Waals surface area contributed by atoms with Crippen molar-refractivity contribution in [3.05, 3.63) is 72.2 Å². The molecule has 4 amide bonds. The van der Waals surface area contributed by atoms with Crippen LogP contribution in [0.25, 0.3) is 16.9 Å². The van der Waals surface area contributed by atoms with Gasteiger partial charge in [-0.15, -0.1) is 0 Å². The fourth-order valence-electron chi connectivity index (χ4n) is 5.14. The maximum Gasteiger partial charge on any atom is 0.325 e. The SMILES string of the molecule is C[C@@H]1CCCC[C@@]12NC(=O)N(CC(=O)NCc1cn(-c3ccccc3)nc1-c1ccc(F)cc1)C2=O. The Kier molecular flexibility index (Phi) is 6.30. The number of carbonyl (C=O) groups is 3. The molecule has 0 radical (unpaired) electrons. The fraction of sp³-hybridized carbons (Fsp3) is 0.333. The minimum atomic E-state index is -0.901. The molecule has 1 spiro atoms. The van der Waals surface area contributed by atoms with E-state index in [9.17, 15) is 18.8 Å². The van der Waals surface area contributed by atoms with E-state index in [-0.39, 0.29) is 30.7 Å². The Hall–Kier alpha value is -4.01. The molecule has 8 nitrogen and oxygen atoms in total. The van der Waals surface area contributed by atoms with Crippen LogP contribution >= 0.6 is 0 Å². The van der Waals surface area contributed by atoms with E-state index in [1.807, 2.05) is 37.3 Å². The first-order chi connectivity index (χ1) is 17.4. The summed E-state index contributed by atoms with van der Waals surface area (Å²) in [6.07, 6.45) is 5.16. The summed E-state index contributed by atoms with van der Waals surface area (Å²) in [6, 6.07) is 15.0. The van der Waals surface area contributed by atoms with E-state index in [0.29, 0.717) is 23.2 Å². The van der Waals surface area contributed by atoms with Crippen molar-refractivity contribution in [3.63, 3.8) is 0 Å². The van der Waals surface area contributed by atoms with E-state index in [4.69, 9.17) is 0 Å². The van der Waals surface area contributed by atoms with Crippen molar-refractivity contribution in [1.29, 1.82) is 0 Å². The predicted molar refractivity (Wildman–Crippen MR) is 131 cm³/mol. The third kappa shape index (κ3) is 4.36. The lowest BCUT2D eigenvalue weighted by Crippen LogP contribution is -2.54. The van der Waals surface area contributed by atoms with Crippen LogP contribution in [0.3, 0.4) is 0 Å². The van der Waals surface area contributed by atoms with Crippen LogP contribution in [-0.2, 0) is 16.1 Å². The molecule has 2 aromatic carbocycles. The summed E-state index contributed by atoms with van der Waals surface area (Å²) in [5.41, 5.74) is 1.96. The highest BCUT2D eigenvalue weighted by atomic mass is 19.1. The number of imide groups is 1. The van der Waals surface area contributed by atoms with Crippen LogP contribution in [-0.4, -0.2) is 44.6 Å². The van der Waals surface area contributed by atoms with E-state index in [2.05, 4.69) is 15.7 Å². The Morgan fingerprint density at radius 1 is 1.14 bits per heavy atom. The lowest BCUT2D eigenvalue weighted by atomic mass is 9.73. The van der Waals surface area contributed by atoms with Gasteiger partial charge in [0.1, 0.15) is 17.9 Å². The number of amides is 4. The number of benzene rings is 2. The number of hydrogen-bond donors (Lipinski definition) is 2. The normalized spacial score (nSPS) is 21.6. The molecule has 3 aromatic rings. The van der Waals surface area contributed by atoms with Gasteiger partial charge in [0, 0.05) is 23.9 Å². The molecule has 9 heteroatoms. The summed E-state index contributed by atoms with van der Waals surface area (Å²) in [6.45, 7) is 1.75. The molecule has 2 aliphatic rings. The van der Waals surface area contributed by atoms with E-state index < -0.39 is 17.5 Å². The molecular formula is C27H28FN5O3. The third-order valence-electron chi connectivity index (χ3n) is 7.21. The molecule has 5 rings (SSSR count). The lowest BCUT2D eigenvalue weighted by molar-refractivity contribution is -0.137. The zero-order valence-corrected chi connectivity index (χ0v) is 20.0. The van der Waals surface area contributed by atoms with Gasteiger partial charge in [-0.3, -0.25) is 14.5 Å². The quantitative estimate of drug-likeness (QED) is 0.515. The predicted octanol–water partition coefficient (Wildman–Crippen LogP) is 3.80. The highest BCUT2D eigenvalue weighted by Gasteiger charge is 2.55. The molecule has 1 aromatic heterocycles. The van der Waals surface area contributed by atoms with Gasteiger partial charge in [-0.2, -0.15) is 5.10 Å². The number of hydrogen-bond acceptors (Lipinski definition) is 4. The Balaban J connectivity index is 1.32. The van der Waals surface area contributed by atoms with Crippen LogP contribution in [0.2, 0.25) is 0 Å². The average Bonchev–Trinajstić information content (AvgIpc) is 3.41. The molecule has 186 valence electrons. The van der Waals surface area contributed by atoms with Gasteiger partial charge in [-0.25, -0.2) is 13.9 Å². The molecule has 2 fully saturated rings. The molecule has 0 unspecified atom stereocenters. The summed E-state index contributed by atoms with van der Waals surface area (Å²) in [5.74, 6) is -1.09. The van der Waals surface area contributed by atoms with Gasteiger partial charge in [0.25, 0.3) is 5.91 Å². The number of rotatable bonds is 6. The second kappa shape index (κ2) is 9.56. The average molecular weight is 490 g/mol. The summed E-state index contributed by atoms with van der Waals surface area (Å²) in [7, 11) is 0. The number of urea groups is 1. The molecule has 1 aliphatic heterocycles. The van der Waals surface area contributed by atoms with Crippen molar-refractivity contribution >= 4 is 17.8 Å². The first kappa shape index (κ1) is 23.7. The van der Waals surface area contributed by atoms with Gasteiger partial charge in [0.15, 0.2) is 0 Å². The topological polar surface area (TPSA) is 96.3 Å². The standard InChI is InChI=1S/C27H28FN5O3/c1-18-7-5-6-14-27(18)25(35)32(26(36)30-27)17-23(34)29-15-20-16-33(22-8-3-2-4-9-22)31-24(20)19-10-12-21(28)13-11-19/h2-4,8-13,16,18H,5-7,14-15,17H2,1H3,(H,29,34)(H,30,36)/t18-,27-/m1/s1. The largest absolute Gasteiger partial charge is 0.350 e. The Morgan fingerprint density at radius 2 is 1.89 bits per heavy atom. The third-order valence-corrected chi connectivity index (χ3v) is 7.21. The van der Waals surface area contributed by atoms with Gasteiger partial charge < -0.3 is 10.6 Å². The monoisotopic (exact) mass is 489 g/mol. The van der Waals surface area contributed by atoms with Crippen molar-refractivity contribution in [2.24, 2.45) is 5.92 Å². The van der Waals surface area contributed by atoms with Crippen LogP contribution in [0.5, 0.6) is 0 Å². The molecule has 1 saturated carbocycles. The van der Waals surface area contributed by atoms with Gasteiger partial charge >= 0.3 is 6.03 Å². The first-order valence-electron chi connectivity index (χ1n) is 12.2. The van der Waals surface area contributed by atoms with Gasteiger partial charge in [0.2, 0.25) is 5.91 Å². The fourth-order valence-corrected chi connectivity index (χ4v) is 5.14. The van der Waals surface area contributed by atoms with Crippen molar-refractivity contribution in [2.75, 3.05) is 6.54 Å². The van der Waals surface area contributed by atoms with Gasteiger partial charge in [-0.1, -0.05) is 38.0 Å². The second-order valence-electron chi connectivity index (χ2n) is 9.51. The zero-order valence-electron chi connectivity index (χ0n) is 20.0. The molecule has 1 aliphatic carbocycles. The maximum absolute atomic E-state index is 13.5. The molecule has 1 saturated heterocycles. The van der Waals surface area contributed by atoms with E-state index >= 15 is 0 Å². The first-order valence-corrected chi connectivity index (χ1v) is 12.2. The Labute approximate surface area is 208 Å². The number of nitrogens with one attached hydrogen (secondary N) is 2. The van der Waals surface area contributed by atoms with Crippen molar-refractivity contribution in [3.8, 4) is 16.9 Å². The molecule has 2 atom stereocenters. The van der Waals surface area contributed by atoms with Crippen molar-refractivity contribution < 1.29 is 18.8 Å². The van der Waals surface area contributed by atoms with Crippen molar-refractivity contribution in [2.45, 2.75) is 44.7 Å². The summed E-state index contributed by atoms with van der Waals surface area (Å²) in [5, 5.41) is 10.3. The minimum Gasteiger partial charge on any atom is -0.350 e. The summed E-state index contributed by atoms with van der Waals surface area (Å²) in [4.78, 5) is 39.6. The Bertz CT molecular complexity index is 1290. The minimum absolute atomic E-state index is 0.0258. The highest BCUT2D eigenvalue weighted by Crippen LogP contribution is 2.38. The number of carbonyl (C=O) groups excluding carboxylic acids is 3. The maximum atomic E-state index is 13.5. The van der Waals surface area contributed by atoms with E-state index in [1.54, 1.807) is 23.0 Å². The number of halogens is 1. The van der Waals surface area contributed by atoms with Crippen LogP contribution < -0.4 is 10.6 Å². The lowest BCUT2D eigenvalue weighted by Gasteiger charge is -2.36. The summed E-state index contributed by atoms with van der Waals surface area (Å²) < 4.78 is 15.2. The number of para-hydroxylation sites is 1. The molecule has 2 N–H and O–H groups in total. The van der Waals surface area contributed by atoms with Crippen molar-refractivity contribution in [1.82, 2.24) is 25.3 Å². The molecule has 0 bridgehead atoms. The number of nitrogens with zero attached hydrogens (tertiary/aromatic N) is 3. The summed E-state index contributed by atoms with van der Waals surface area (Å²) >= 11 is 0. The number of aromatic nitrogens is 2. The van der Waals surface area contributed by atoms with Crippen LogP contribution in [0.15, 0.2) is 60.8 Å². The van der Waals surface area contributed by atoms with Crippen LogP contribution in [0, 0.1) is 11.7 Å². The zero-order chi connectivity index (χ0) is 25.3. The molecule has 36 heavy (non-hydrogen) atoms.